The predicted octanol–water partition coefficient (Wildman–Crippen LogP) is 1.31. The number of imidazole rings is 1. The van der Waals surface area contributed by atoms with Crippen molar-refractivity contribution in [2.75, 3.05) is 4.72 Å². The first-order valence-electron chi connectivity index (χ1n) is 5.50. The van der Waals surface area contributed by atoms with Crippen LogP contribution in [0.3, 0.4) is 0 Å². The number of carboxylic acids is 1. The van der Waals surface area contributed by atoms with Crippen LogP contribution in [0.25, 0.3) is 6.08 Å². The molecule has 2 rings (SSSR count). The van der Waals surface area contributed by atoms with Crippen LogP contribution in [0.4, 0.5) is 5.69 Å². The summed E-state index contributed by atoms with van der Waals surface area (Å²) in [5.74, 6) is -1.08. The van der Waals surface area contributed by atoms with E-state index in [1.165, 1.54) is 24.7 Å². The summed E-state index contributed by atoms with van der Waals surface area (Å²) in [5.41, 5.74) is 0.893. The third-order valence-electron chi connectivity index (χ3n) is 2.32. The van der Waals surface area contributed by atoms with E-state index in [2.05, 4.69) is 14.7 Å². The molecule has 0 fully saturated rings. The van der Waals surface area contributed by atoms with Crippen LogP contribution in [0.15, 0.2) is 47.9 Å². The second-order valence-corrected chi connectivity index (χ2v) is 5.47. The Kier molecular flexibility index (Phi) is 3.85. The number of rotatable bonds is 5. The topological polar surface area (TPSA) is 112 Å². The molecule has 3 N–H and O–H groups in total. The molecule has 0 amide bonds. The van der Waals surface area contributed by atoms with Crippen LogP contribution in [0, 0.1) is 0 Å². The van der Waals surface area contributed by atoms with Gasteiger partial charge >= 0.3 is 5.97 Å². The van der Waals surface area contributed by atoms with Gasteiger partial charge in [-0.3, -0.25) is 4.72 Å². The van der Waals surface area contributed by atoms with Gasteiger partial charge in [0.1, 0.15) is 0 Å². The van der Waals surface area contributed by atoms with Gasteiger partial charge in [0, 0.05) is 11.8 Å². The third kappa shape index (κ3) is 3.45. The molecular formula is C12H11N3O4S. The summed E-state index contributed by atoms with van der Waals surface area (Å²) in [7, 11) is -3.73. The fourth-order valence-electron chi connectivity index (χ4n) is 1.47. The zero-order chi connectivity index (χ0) is 14.6. The average molecular weight is 293 g/mol. The van der Waals surface area contributed by atoms with E-state index in [4.69, 9.17) is 5.11 Å². The van der Waals surface area contributed by atoms with Crippen LogP contribution >= 0.6 is 0 Å². The standard InChI is InChI=1S/C12H11N3O4S/c16-12(17)5-4-9-2-1-3-10(6-9)15-20(18,19)11-7-13-8-14-11/h1-8,15H,(H,13,14)(H,16,17). The first kappa shape index (κ1) is 13.8. The van der Waals surface area contributed by atoms with Gasteiger partial charge in [0.25, 0.3) is 10.0 Å². The number of H-pyrrole nitrogens is 1. The highest BCUT2D eigenvalue weighted by molar-refractivity contribution is 7.92. The number of carboxylic acid groups (broad SMARTS) is 1. The molecule has 0 aliphatic rings. The fraction of sp³-hybridized carbons (Fsp3) is 0. The molecular weight excluding hydrogens is 282 g/mol. The van der Waals surface area contributed by atoms with Crippen LogP contribution < -0.4 is 4.72 Å². The van der Waals surface area contributed by atoms with E-state index in [0.29, 0.717) is 11.3 Å². The van der Waals surface area contributed by atoms with Crippen molar-refractivity contribution in [2.45, 2.75) is 5.03 Å². The number of carbonyl (C=O) groups is 1. The minimum absolute atomic E-state index is 0.0519. The van der Waals surface area contributed by atoms with Crippen molar-refractivity contribution < 1.29 is 18.3 Å². The monoisotopic (exact) mass is 293 g/mol. The van der Waals surface area contributed by atoms with E-state index in [1.807, 2.05) is 0 Å². The minimum Gasteiger partial charge on any atom is -0.478 e. The molecule has 2 aromatic rings. The summed E-state index contributed by atoms with van der Waals surface area (Å²) in [6.45, 7) is 0. The van der Waals surface area contributed by atoms with Crippen LogP contribution in [-0.2, 0) is 14.8 Å². The summed E-state index contributed by atoms with van der Waals surface area (Å²) in [6, 6.07) is 6.36. The van der Waals surface area contributed by atoms with Gasteiger partial charge in [0.15, 0.2) is 5.03 Å². The molecule has 0 spiro atoms. The van der Waals surface area contributed by atoms with E-state index in [-0.39, 0.29) is 5.03 Å². The van der Waals surface area contributed by atoms with Gasteiger partial charge in [0.05, 0.1) is 12.5 Å². The normalized spacial score (nSPS) is 11.6. The lowest BCUT2D eigenvalue weighted by Crippen LogP contribution is -2.13. The Morgan fingerprint density at radius 3 is 2.85 bits per heavy atom. The second kappa shape index (κ2) is 5.57. The first-order valence-corrected chi connectivity index (χ1v) is 6.98. The molecule has 0 aliphatic carbocycles. The van der Waals surface area contributed by atoms with Gasteiger partial charge < -0.3 is 10.1 Å². The molecule has 7 nitrogen and oxygen atoms in total. The molecule has 0 unspecified atom stereocenters. The highest BCUT2D eigenvalue weighted by atomic mass is 32.2. The first-order chi connectivity index (χ1) is 9.47. The molecule has 0 bridgehead atoms. The third-order valence-corrected chi connectivity index (χ3v) is 3.63. The predicted molar refractivity (Wildman–Crippen MR) is 72.5 cm³/mol. The Hall–Kier alpha value is -2.61. The van der Waals surface area contributed by atoms with Gasteiger partial charge in [-0.2, -0.15) is 8.42 Å². The Balaban J connectivity index is 2.22. The lowest BCUT2D eigenvalue weighted by Gasteiger charge is -2.06. The molecule has 0 saturated heterocycles. The van der Waals surface area contributed by atoms with Crippen molar-refractivity contribution in [1.82, 2.24) is 9.97 Å². The number of sulfonamides is 1. The van der Waals surface area contributed by atoms with Gasteiger partial charge in [-0.05, 0) is 23.8 Å². The summed E-state index contributed by atoms with van der Waals surface area (Å²) in [4.78, 5) is 16.6. The maximum Gasteiger partial charge on any atom is 0.328 e. The van der Waals surface area contributed by atoms with E-state index in [1.54, 1.807) is 18.2 Å². The number of aromatic amines is 1. The highest BCUT2D eigenvalue weighted by Gasteiger charge is 2.15. The zero-order valence-electron chi connectivity index (χ0n) is 10.1. The summed E-state index contributed by atoms with van der Waals surface area (Å²) < 4.78 is 26.3. The molecule has 8 heteroatoms. The lowest BCUT2D eigenvalue weighted by atomic mass is 10.2. The molecule has 0 atom stereocenters. The SMILES string of the molecule is O=C(O)C=Cc1cccc(NS(=O)(=O)c2cnc[nH]2)c1. The Morgan fingerprint density at radius 2 is 2.20 bits per heavy atom. The fourth-order valence-corrected chi connectivity index (χ4v) is 2.43. The number of hydrogen-bond donors (Lipinski definition) is 3. The van der Waals surface area contributed by atoms with Crippen LogP contribution in [0.5, 0.6) is 0 Å². The van der Waals surface area contributed by atoms with Crippen LogP contribution in [0.1, 0.15) is 5.56 Å². The van der Waals surface area contributed by atoms with Gasteiger partial charge in [-0.25, -0.2) is 9.78 Å². The van der Waals surface area contributed by atoms with Gasteiger partial charge in [0.2, 0.25) is 0 Å². The summed E-state index contributed by atoms with van der Waals surface area (Å²) >= 11 is 0. The largest absolute Gasteiger partial charge is 0.478 e. The molecule has 0 radical (unpaired) electrons. The van der Waals surface area contributed by atoms with Crippen LogP contribution in [0.2, 0.25) is 0 Å². The molecule has 104 valence electrons. The number of anilines is 1. The number of hydrogen-bond acceptors (Lipinski definition) is 4. The Bertz CT molecular complexity index is 736. The molecule has 20 heavy (non-hydrogen) atoms. The Labute approximate surface area is 115 Å². The molecule has 0 aliphatic heterocycles. The molecule has 0 saturated carbocycles. The number of benzene rings is 1. The van der Waals surface area contributed by atoms with Crippen molar-refractivity contribution >= 4 is 27.8 Å². The number of nitrogens with zero attached hydrogens (tertiary/aromatic N) is 1. The summed E-state index contributed by atoms with van der Waals surface area (Å²) in [6.07, 6.45) is 4.80. The van der Waals surface area contributed by atoms with Crippen molar-refractivity contribution in [3.8, 4) is 0 Å². The number of aromatic nitrogens is 2. The molecule has 1 aromatic heterocycles. The second-order valence-electron chi connectivity index (χ2n) is 3.82. The molecule has 1 aromatic carbocycles. The van der Waals surface area contributed by atoms with E-state index in [0.717, 1.165) is 6.08 Å². The quantitative estimate of drug-likeness (QED) is 0.719. The number of nitrogens with one attached hydrogen (secondary N) is 2. The lowest BCUT2D eigenvalue weighted by molar-refractivity contribution is -0.131. The van der Waals surface area contributed by atoms with Crippen molar-refractivity contribution in [2.24, 2.45) is 0 Å². The number of aliphatic carboxylic acids is 1. The molecule has 1 heterocycles. The average Bonchev–Trinajstić information content (AvgIpc) is 2.91. The summed E-state index contributed by atoms with van der Waals surface area (Å²) in [5, 5.41) is 8.49. The zero-order valence-corrected chi connectivity index (χ0v) is 11.0. The van der Waals surface area contributed by atoms with Crippen molar-refractivity contribution in [1.29, 1.82) is 0 Å². The van der Waals surface area contributed by atoms with E-state index in [9.17, 15) is 13.2 Å². The maximum absolute atomic E-state index is 11.9. The van der Waals surface area contributed by atoms with Crippen molar-refractivity contribution in [3.63, 3.8) is 0 Å². The van der Waals surface area contributed by atoms with Gasteiger partial charge in [-0.15, -0.1) is 0 Å². The van der Waals surface area contributed by atoms with E-state index >= 15 is 0 Å². The smallest absolute Gasteiger partial charge is 0.328 e. The minimum atomic E-state index is -3.73. The van der Waals surface area contributed by atoms with Gasteiger partial charge in [-0.1, -0.05) is 12.1 Å². The maximum atomic E-state index is 11.9. The van der Waals surface area contributed by atoms with E-state index < -0.39 is 16.0 Å². The van der Waals surface area contributed by atoms with Crippen LogP contribution in [-0.4, -0.2) is 29.5 Å². The van der Waals surface area contributed by atoms with Crippen molar-refractivity contribution in [3.05, 3.63) is 48.4 Å². The highest BCUT2D eigenvalue weighted by Crippen LogP contribution is 2.16. The Morgan fingerprint density at radius 1 is 1.40 bits per heavy atom.